The van der Waals surface area contributed by atoms with Gasteiger partial charge in [0.05, 0.1) is 16.9 Å². The summed E-state index contributed by atoms with van der Waals surface area (Å²) in [5.41, 5.74) is 6.29. The van der Waals surface area contributed by atoms with E-state index in [2.05, 4.69) is 15.6 Å². The van der Waals surface area contributed by atoms with Gasteiger partial charge in [-0.25, -0.2) is 20.0 Å². The van der Waals surface area contributed by atoms with Crippen LogP contribution in [0, 0.1) is 6.92 Å². The number of para-hydroxylation sites is 1. The highest BCUT2D eigenvalue weighted by Gasteiger charge is 2.28. The van der Waals surface area contributed by atoms with Gasteiger partial charge in [-0.2, -0.15) is 5.10 Å². The summed E-state index contributed by atoms with van der Waals surface area (Å²) in [5.74, 6) is 0.684. The Kier molecular flexibility index (Phi) is 3.80. The fraction of sp³-hybridized carbons (Fsp3) is 0.111. The summed E-state index contributed by atoms with van der Waals surface area (Å²) in [4.78, 5) is 10.2. The summed E-state index contributed by atoms with van der Waals surface area (Å²) >= 11 is 6.56. The lowest BCUT2D eigenvalue weighted by Gasteiger charge is -2.06. The molecule has 1 aliphatic heterocycles. The molecule has 0 saturated carbocycles. The number of nitrogens with one attached hydrogen (secondary N) is 1. The van der Waals surface area contributed by atoms with E-state index in [0.29, 0.717) is 11.0 Å². The first-order valence-electron chi connectivity index (χ1n) is 7.59. The molecule has 2 heterocycles. The van der Waals surface area contributed by atoms with Crippen molar-refractivity contribution in [1.82, 2.24) is 15.3 Å². The SMILES string of the molecule is Cc1nn(-c2ccccc2)c(Cl)c1C1N=C(c2ccccc2)NO1. The molecule has 0 aliphatic carbocycles. The molecular weight excluding hydrogens is 324 g/mol. The van der Waals surface area contributed by atoms with Gasteiger partial charge in [-0.15, -0.1) is 0 Å². The van der Waals surface area contributed by atoms with Crippen LogP contribution in [0.2, 0.25) is 5.15 Å². The molecule has 0 fully saturated rings. The van der Waals surface area contributed by atoms with Gasteiger partial charge in [0.2, 0.25) is 6.23 Å². The highest BCUT2D eigenvalue weighted by atomic mass is 35.5. The number of nitrogens with zero attached hydrogens (tertiary/aromatic N) is 3. The highest BCUT2D eigenvalue weighted by molar-refractivity contribution is 6.30. The van der Waals surface area contributed by atoms with Gasteiger partial charge in [0, 0.05) is 5.56 Å². The zero-order chi connectivity index (χ0) is 16.5. The molecule has 5 nitrogen and oxygen atoms in total. The van der Waals surface area contributed by atoms with Crippen molar-refractivity contribution < 1.29 is 4.84 Å². The summed E-state index contributed by atoms with van der Waals surface area (Å²) in [6.45, 7) is 1.90. The minimum absolute atomic E-state index is 0.503. The van der Waals surface area contributed by atoms with Crippen LogP contribution in [-0.4, -0.2) is 15.6 Å². The molecule has 1 aliphatic rings. The van der Waals surface area contributed by atoms with Crippen LogP contribution >= 0.6 is 11.6 Å². The molecule has 0 saturated heterocycles. The Bertz CT molecular complexity index is 890. The van der Waals surface area contributed by atoms with Gasteiger partial charge in [-0.1, -0.05) is 60.1 Å². The predicted octanol–water partition coefficient (Wildman–Crippen LogP) is 3.81. The Morgan fingerprint density at radius 2 is 1.71 bits per heavy atom. The number of hydrogen-bond donors (Lipinski definition) is 1. The molecule has 120 valence electrons. The maximum atomic E-state index is 6.56. The van der Waals surface area contributed by atoms with Crippen molar-refractivity contribution in [3.8, 4) is 5.69 Å². The van der Waals surface area contributed by atoms with E-state index in [1.165, 1.54) is 0 Å². The molecule has 1 N–H and O–H groups in total. The van der Waals surface area contributed by atoms with E-state index in [1.807, 2.05) is 67.6 Å². The first kappa shape index (κ1) is 14.9. The molecular formula is C18H15ClN4O. The Balaban J connectivity index is 1.71. The molecule has 6 heteroatoms. The average Bonchev–Trinajstić information content (AvgIpc) is 3.21. The second-order valence-electron chi connectivity index (χ2n) is 5.45. The number of hydroxylamine groups is 1. The molecule has 0 spiro atoms. The van der Waals surface area contributed by atoms with Gasteiger partial charge in [-0.05, 0) is 19.1 Å². The number of aliphatic imine (C=N–C) groups is 1. The smallest absolute Gasteiger partial charge is 0.207 e. The number of amidine groups is 1. The van der Waals surface area contributed by atoms with Crippen LogP contribution in [0.1, 0.15) is 23.0 Å². The number of aryl methyl sites for hydroxylation is 1. The van der Waals surface area contributed by atoms with E-state index in [-0.39, 0.29) is 0 Å². The van der Waals surface area contributed by atoms with Gasteiger partial charge < -0.3 is 0 Å². The summed E-state index contributed by atoms with van der Waals surface area (Å²) in [7, 11) is 0. The van der Waals surface area contributed by atoms with Crippen molar-refractivity contribution in [3.63, 3.8) is 0 Å². The van der Waals surface area contributed by atoms with Crippen LogP contribution in [0.3, 0.4) is 0 Å². The lowest BCUT2D eigenvalue weighted by atomic mass is 10.2. The molecule has 2 aromatic carbocycles. The fourth-order valence-corrected chi connectivity index (χ4v) is 3.03. The van der Waals surface area contributed by atoms with Crippen molar-refractivity contribution >= 4 is 17.4 Å². The van der Waals surface area contributed by atoms with E-state index in [9.17, 15) is 0 Å². The average molecular weight is 339 g/mol. The van der Waals surface area contributed by atoms with E-state index in [1.54, 1.807) is 4.68 Å². The van der Waals surface area contributed by atoms with Gasteiger partial charge in [0.1, 0.15) is 5.15 Å². The standard InChI is InChI=1S/C18H15ClN4O/c1-12-15(16(19)23(21-12)14-10-6-3-7-11-14)18-20-17(22-24-18)13-8-4-2-5-9-13/h2-11,18H,1H3,(H,20,22). The zero-order valence-corrected chi connectivity index (χ0v) is 13.7. The van der Waals surface area contributed by atoms with E-state index in [4.69, 9.17) is 16.4 Å². The fourth-order valence-electron chi connectivity index (χ4n) is 2.67. The summed E-state index contributed by atoms with van der Waals surface area (Å²) in [6.07, 6.45) is -0.523. The molecule has 0 bridgehead atoms. The molecule has 1 unspecified atom stereocenters. The third-order valence-corrected chi connectivity index (χ3v) is 4.22. The number of aromatic nitrogens is 2. The first-order chi connectivity index (χ1) is 11.7. The third-order valence-electron chi connectivity index (χ3n) is 3.86. The molecule has 3 aromatic rings. The molecule has 1 atom stereocenters. The van der Waals surface area contributed by atoms with Crippen LogP contribution in [0.15, 0.2) is 65.7 Å². The highest BCUT2D eigenvalue weighted by Crippen LogP contribution is 2.33. The maximum Gasteiger partial charge on any atom is 0.207 e. The molecule has 24 heavy (non-hydrogen) atoms. The summed E-state index contributed by atoms with van der Waals surface area (Å²) in [6, 6.07) is 19.6. The quantitative estimate of drug-likeness (QED) is 0.790. The maximum absolute atomic E-state index is 6.56. The van der Waals surface area contributed by atoms with Crippen molar-refractivity contribution in [3.05, 3.63) is 82.6 Å². The Morgan fingerprint density at radius 3 is 2.42 bits per heavy atom. The topological polar surface area (TPSA) is 51.4 Å². The van der Waals surface area contributed by atoms with Gasteiger partial charge in [0.15, 0.2) is 5.84 Å². The van der Waals surface area contributed by atoms with E-state index < -0.39 is 6.23 Å². The second kappa shape index (κ2) is 6.11. The lowest BCUT2D eigenvalue weighted by molar-refractivity contribution is 0.0374. The Hall–Kier alpha value is -2.63. The Labute approximate surface area is 144 Å². The van der Waals surface area contributed by atoms with Crippen molar-refractivity contribution in [2.75, 3.05) is 0 Å². The normalized spacial score (nSPS) is 16.8. The monoisotopic (exact) mass is 338 g/mol. The molecule has 1 aromatic heterocycles. The molecule has 0 radical (unpaired) electrons. The summed E-state index contributed by atoms with van der Waals surface area (Å²) < 4.78 is 1.70. The van der Waals surface area contributed by atoms with Gasteiger partial charge >= 0.3 is 0 Å². The van der Waals surface area contributed by atoms with Crippen molar-refractivity contribution in [2.24, 2.45) is 4.99 Å². The largest absolute Gasteiger partial charge is 0.246 e. The van der Waals surface area contributed by atoms with Crippen molar-refractivity contribution in [2.45, 2.75) is 13.2 Å². The lowest BCUT2D eigenvalue weighted by Crippen LogP contribution is -2.17. The van der Waals surface area contributed by atoms with Crippen LogP contribution in [-0.2, 0) is 4.84 Å². The number of hydrogen-bond acceptors (Lipinski definition) is 4. The number of halogens is 1. The Morgan fingerprint density at radius 1 is 1.04 bits per heavy atom. The van der Waals surface area contributed by atoms with Crippen LogP contribution in [0.4, 0.5) is 0 Å². The van der Waals surface area contributed by atoms with Gasteiger partial charge in [-0.3, -0.25) is 0 Å². The van der Waals surface area contributed by atoms with Crippen LogP contribution in [0.5, 0.6) is 0 Å². The van der Waals surface area contributed by atoms with Crippen molar-refractivity contribution in [1.29, 1.82) is 0 Å². The second-order valence-corrected chi connectivity index (χ2v) is 5.81. The first-order valence-corrected chi connectivity index (χ1v) is 7.97. The third kappa shape index (κ3) is 2.58. The minimum atomic E-state index is -0.523. The molecule has 0 amide bonds. The minimum Gasteiger partial charge on any atom is -0.246 e. The zero-order valence-electron chi connectivity index (χ0n) is 13.0. The predicted molar refractivity (Wildman–Crippen MR) is 93.3 cm³/mol. The molecule has 4 rings (SSSR count). The number of benzene rings is 2. The van der Waals surface area contributed by atoms with Crippen LogP contribution < -0.4 is 5.48 Å². The van der Waals surface area contributed by atoms with Gasteiger partial charge in [0.25, 0.3) is 0 Å². The number of rotatable bonds is 3. The van der Waals surface area contributed by atoms with E-state index >= 15 is 0 Å². The summed E-state index contributed by atoms with van der Waals surface area (Å²) in [5, 5.41) is 5.03. The van der Waals surface area contributed by atoms with E-state index in [0.717, 1.165) is 22.5 Å². The van der Waals surface area contributed by atoms with Crippen LogP contribution in [0.25, 0.3) is 5.69 Å².